The summed E-state index contributed by atoms with van der Waals surface area (Å²) in [7, 11) is 0. The van der Waals surface area contributed by atoms with Gasteiger partial charge in [-0.05, 0) is 36.5 Å². The number of benzene rings is 1. The molecule has 1 amide bonds. The summed E-state index contributed by atoms with van der Waals surface area (Å²) in [6.07, 6.45) is 1.86. The molecule has 28 heavy (non-hydrogen) atoms. The second-order valence-corrected chi connectivity index (χ2v) is 7.85. The smallest absolute Gasteiger partial charge is 0.253 e. The van der Waals surface area contributed by atoms with Crippen LogP contribution in [0.2, 0.25) is 0 Å². The Balaban J connectivity index is 1.24. The fourth-order valence-corrected chi connectivity index (χ4v) is 4.48. The number of nitrogens with one attached hydrogen (secondary N) is 1. The van der Waals surface area contributed by atoms with Gasteiger partial charge in [-0.15, -0.1) is 15.3 Å². The van der Waals surface area contributed by atoms with Crippen LogP contribution in [0.3, 0.4) is 0 Å². The number of carbonyl (C=O) groups excluding carboxylic acids is 1. The molecule has 1 fully saturated rings. The summed E-state index contributed by atoms with van der Waals surface area (Å²) in [6.45, 7) is 4.18. The minimum Gasteiger partial charge on any atom is -0.339 e. The van der Waals surface area contributed by atoms with Gasteiger partial charge in [-0.1, -0.05) is 16.6 Å². The maximum Gasteiger partial charge on any atom is 0.253 e. The van der Waals surface area contributed by atoms with E-state index in [9.17, 15) is 4.79 Å². The topological polar surface area (TPSA) is 88.8 Å². The normalized spacial score (nSPS) is 17.5. The molecule has 0 bridgehead atoms. The largest absolute Gasteiger partial charge is 0.339 e. The van der Waals surface area contributed by atoms with E-state index in [-0.39, 0.29) is 5.91 Å². The fourth-order valence-electron chi connectivity index (χ4n) is 4.01. The quantitative estimate of drug-likeness (QED) is 0.729. The molecule has 1 saturated heterocycles. The summed E-state index contributed by atoms with van der Waals surface area (Å²) in [6, 6.07) is 7.64. The highest BCUT2D eigenvalue weighted by atomic mass is 32.1. The van der Waals surface area contributed by atoms with Gasteiger partial charge in [0.25, 0.3) is 5.91 Å². The van der Waals surface area contributed by atoms with Gasteiger partial charge in [-0.3, -0.25) is 4.79 Å². The van der Waals surface area contributed by atoms with Crippen molar-refractivity contribution < 1.29 is 4.79 Å². The van der Waals surface area contributed by atoms with Crippen LogP contribution >= 0.6 is 11.5 Å². The van der Waals surface area contributed by atoms with E-state index in [0.717, 1.165) is 74.0 Å². The molecule has 1 aromatic carbocycles. The van der Waals surface area contributed by atoms with Gasteiger partial charge in [0.05, 0.1) is 6.54 Å². The fraction of sp³-hybridized carbons (Fsp3) is 0.421. The molecule has 0 unspecified atom stereocenters. The summed E-state index contributed by atoms with van der Waals surface area (Å²) in [5.41, 5.74) is 2.54. The lowest BCUT2D eigenvalue weighted by Gasteiger charge is -2.32. The van der Waals surface area contributed by atoms with Gasteiger partial charge in [0.1, 0.15) is 17.3 Å². The molecule has 0 radical (unpaired) electrons. The zero-order chi connectivity index (χ0) is 18.9. The van der Waals surface area contributed by atoms with Crippen molar-refractivity contribution in [1.29, 1.82) is 0 Å². The number of hydrogen-bond donors (Lipinski definition) is 1. The molecule has 1 N–H and O–H groups in total. The minimum absolute atomic E-state index is 0.0916. The number of rotatable bonds is 3. The highest BCUT2D eigenvalue weighted by Gasteiger charge is 2.29. The summed E-state index contributed by atoms with van der Waals surface area (Å²) in [5.74, 6) is 2.58. The van der Waals surface area contributed by atoms with E-state index in [0.29, 0.717) is 5.92 Å². The molecule has 8 nitrogen and oxygen atoms in total. The first-order valence-corrected chi connectivity index (χ1v) is 10.4. The average Bonchev–Trinajstić information content (AvgIpc) is 3.44. The number of carbonyl (C=O) groups is 1. The maximum absolute atomic E-state index is 12.9. The van der Waals surface area contributed by atoms with Crippen LogP contribution in [0.25, 0.3) is 11.3 Å². The standard InChI is InChI=1S/C19H21N7OS/c27-19(15-3-1-13(2-4-15)16-12-28-24-21-16)25-8-5-14(6-9-25)18-23-22-17-11-20-7-10-26(17)18/h1-4,12,14,20H,5-11H2. The maximum atomic E-state index is 12.9. The highest BCUT2D eigenvalue weighted by molar-refractivity contribution is 7.03. The molecule has 0 aliphatic carbocycles. The van der Waals surface area contributed by atoms with Gasteiger partial charge in [0, 0.05) is 48.6 Å². The van der Waals surface area contributed by atoms with Gasteiger partial charge in [-0.2, -0.15) is 0 Å². The first-order valence-electron chi connectivity index (χ1n) is 9.59. The van der Waals surface area contributed by atoms with Crippen LogP contribution in [0.5, 0.6) is 0 Å². The summed E-state index contributed by atoms with van der Waals surface area (Å²) >= 11 is 1.32. The van der Waals surface area contributed by atoms with E-state index in [1.165, 1.54) is 11.5 Å². The molecule has 9 heteroatoms. The highest BCUT2D eigenvalue weighted by Crippen LogP contribution is 2.29. The number of fused-ring (bicyclic) bond motifs is 1. The van der Waals surface area contributed by atoms with Gasteiger partial charge < -0.3 is 14.8 Å². The van der Waals surface area contributed by atoms with Crippen molar-refractivity contribution in [3.63, 3.8) is 0 Å². The number of aromatic nitrogens is 5. The third-order valence-electron chi connectivity index (χ3n) is 5.59. The molecule has 2 aliphatic rings. The van der Waals surface area contributed by atoms with Crippen LogP contribution in [0.4, 0.5) is 0 Å². The van der Waals surface area contributed by atoms with Crippen molar-refractivity contribution in [3.05, 3.63) is 46.9 Å². The molecule has 0 atom stereocenters. The lowest BCUT2D eigenvalue weighted by atomic mass is 9.95. The molecule has 4 heterocycles. The zero-order valence-electron chi connectivity index (χ0n) is 15.4. The lowest BCUT2D eigenvalue weighted by Crippen LogP contribution is -2.38. The number of piperidine rings is 1. The molecule has 2 aliphatic heterocycles. The molecule has 0 spiro atoms. The van der Waals surface area contributed by atoms with Crippen LogP contribution in [0.1, 0.15) is 40.8 Å². The average molecular weight is 395 g/mol. The van der Waals surface area contributed by atoms with Crippen LogP contribution in [-0.2, 0) is 13.1 Å². The number of likely N-dealkylation sites (tertiary alicyclic amines) is 1. The van der Waals surface area contributed by atoms with Gasteiger partial charge in [0.2, 0.25) is 0 Å². The van der Waals surface area contributed by atoms with Crippen molar-refractivity contribution >= 4 is 17.4 Å². The molecule has 144 valence electrons. The second kappa shape index (κ2) is 7.40. The lowest BCUT2D eigenvalue weighted by molar-refractivity contribution is 0.0710. The van der Waals surface area contributed by atoms with Crippen molar-refractivity contribution in [3.8, 4) is 11.3 Å². The van der Waals surface area contributed by atoms with Crippen molar-refractivity contribution in [2.45, 2.75) is 31.8 Å². The Kier molecular flexibility index (Phi) is 4.61. The molecule has 2 aromatic heterocycles. The Bertz CT molecular complexity index is 959. The number of nitrogens with zero attached hydrogens (tertiary/aromatic N) is 6. The van der Waals surface area contributed by atoms with Crippen molar-refractivity contribution in [2.24, 2.45) is 0 Å². The van der Waals surface area contributed by atoms with Crippen LogP contribution < -0.4 is 5.32 Å². The SMILES string of the molecule is O=C(c1ccc(-c2csnn2)cc1)N1CCC(c2nnc3n2CCNC3)CC1. The molecule has 0 saturated carbocycles. The van der Waals surface area contributed by atoms with E-state index in [1.54, 1.807) is 0 Å². The molecular formula is C19H21N7OS. The predicted octanol–water partition coefficient (Wildman–Crippen LogP) is 1.92. The number of hydrogen-bond acceptors (Lipinski definition) is 7. The van der Waals surface area contributed by atoms with Crippen LogP contribution in [-0.4, -0.2) is 54.8 Å². The van der Waals surface area contributed by atoms with Gasteiger partial charge in [-0.25, -0.2) is 0 Å². The Morgan fingerprint density at radius 1 is 1.07 bits per heavy atom. The number of amides is 1. The van der Waals surface area contributed by atoms with Gasteiger partial charge >= 0.3 is 0 Å². The van der Waals surface area contributed by atoms with E-state index in [1.807, 2.05) is 34.5 Å². The van der Waals surface area contributed by atoms with Crippen LogP contribution in [0.15, 0.2) is 29.6 Å². The molecule has 5 rings (SSSR count). The Morgan fingerprint density at radius 2 is 1.89 bits per heavy atom. The summed E-state index contributed by atoms with van der Waals surface area (Å²) in [5, 5.41) is 18.1. The Labute approximate surface area is 166 Å². The van der Waals surface area contributed by atoms with Crippen LogP contribution in [0, 0.1) is 0 Å². The van der Waals surface area contributed by atoms with Gasteiger partial charge in [0.15, 0.2) is 0 Å². The first kappa shape index (κ1) is 17.4. The molecular weight excluding hydrogens is 374 g/mol. The van der Waals surface area contributed by atoms with E-state index in [4.69, 9.17) is 0 Å². The van der Waals surface area contributed by atoms with E-state index >= 15 is 0 Å². The third kappa shape index (κ3) is 3.20. The first-order chi connectivity index (χ1) is 13.8. The monoisotopic (exact) mass is 395 g/mol. The zero-order valence-corrected chi connectivity index (χ0v) is 16.2. The summed E-state index contributed by atoms with van der Waals surface area (Å²) < 4.78 is 6.14. The van der Waals surface area contributed by atoms with E-state index in [2.05, 4.69) is 29.7 Å². The summed E-state index contributed by atoms with van der Waals surface area (Å²) in [4.78, 5) is 14.8. The predicted molar refractivity (Wildman–Crippen MR) is 105 cm³/mol. The Hall–Kier alpha value is -2.65. The molecule has 3 aromatic rings. The minimum atomic E-state index is 0.0916. The van der Waals surface area contributed by atoms with E-state index < -0.39 is 0 Å². The van der Waals surface area contributed by atoms with Crippen molar-refractivity contribution in [1.82, 2.24) is 34.6 Å². The second-order valence-electron chi connectivity index (χ2n) is 7.24. The Morgan fingerprint density at radius 3 is 2.64 bits per heavy atom. The third-order valence-corrected chi connectivity index (χ3v) is 6.09. The van der Waals surface area contributed by atoms with Crippen molar-refractivity contribution in [2.75, 3.05) is 19.6 Å².